The molecule has 0 radical (unpaired) electrons. The molecular formula is C14H20N4. The predicted octanol–water partition coefficient (Wildman–Crippen LogP) is 2.23. The number of nitrogens with one attached hydrogen (secondary N) is 2. The van der Waals surface area contributed by atoms with Gasteiger partial charge in [-0.05, 0) is 50.9 Å². The zero-order chi connectivity index (χ0) is 13.1. The molecule has 0 saturated heterocycles. The molecule has 1 unspecified atom stereocenters. The molecule has 2 N–H and O–H groups in total. The van der Waals surface area contributed by atoms with Gasteiger partial charge in [0.05, 0.1) is 6.04 Å². The van der Waals surface area contributed by atoms with E-state index >= 15 is 0 Å². The second-order valence-electron chi connectivity index (χ2n) is 4.79. The van der Waals surface area contributed by atoms with E-state index in [0.717, 1.165) is 12.2 Å². The molecule has 0 bridgehead atoms. The van der Waals surface area contributed by atoms with Crippen LogP contribution in [0.5, 0.6) is 0 Å². The lowest BCUT2D eigenvalue weighted by Gasteiger charge is -2.17. The Morgan fingerprint density at radius 2 is 1.89 bits per heavy atom. The Morgan fingerprint density at radius 1 is 1.22 bits per heavy atom. The number of aryl methyl sites for hydroxylation is 3. The molecule has 0 aliphatic rings. The van der Waals surface area contributed by atoms with Crippen molar-refractivity contribution >= 4 is 0 Å². The number of likely N-dealkylation sites (N-methyl/N-ethyl adjacent to an activating group) is 1. The summed E-state index contributed by atoms with van der Waals surface area (Å²) in [6.07, 6.45) is 2.47. The van der Waals surface area contributed by atoms with Crippen LogP contribution >= 0.6 is 0 Å². The molecule has 0 fully saturated rings. The Bertz CT molecular complexity index is 494. The summed E-state index contributed by atoms with van der Waals surface area (Å²) >= 11 is 0. The molecule has 4 nitrogen and oxygen atoms in total. The number of rotatable bonds is 4. The lowest BCUT2D eigenvalue weighted by atomic mass is 9.94. The lowest BCUT2D eigenvalue weighted by Crippen LogP contribution is -2.21. The van der Waals surface area contributed by atoms with Crippen LogP contribution in [0.4, 0.5) is 0 Å². The number of nitrogens with zero attached hydrogens (tertiary/aromatic N) is 2. The molecule has 1 heterocycles. The van der Waals surface area contributed by atoms with Crippen molar-refractivity contribution < 1.29 is 0 Å². The molecule has 0 spiro atoms. The van der Waals surface area contributed by atoms with Crippen molar-refractivity contribution in [2.45, 2.75) is 33.2 Å². The highest BCUT2D eigenvalue weighted by molar-refractivity contribution is 5.38. The van der Waals surface area contributed by atoms with Gasteiger partial charge in [-0.25, -0.2) is 4.98 Å². The SMILES string of the molecule is CNC(Cc1c(C)cc(C)cc1C)c1ncn[nH]1. The van der Waals surface area contributed by atoms with Gasteiger partial charge in [-0.1, -0.05) is 17.7 Å². The lowest BCUT2D eigenvalue weighted by molar-refractivity contribution is 0.557. The van der Waals surface area contributed by atoms with Crippen LogP contribution in [0, 0.1) is 20.8 Å². The summed E-state index contributed by atoms with van der Waals surface area (Å²) in [6.45, 7) is 6.47. The van der Waals surface area contributed by atoms with Gasteiger partial charge in [-0.3, -0.25) is 5.10 Å². The highest BCUT2D eigenvalue weighted by Gasteiger charge is 2.15. The summed E-state index contributed by atoms with van der Waals surface area (Å²) < 4.78 is 0. The fourth-order valence-electron chi connectivity index (χ4n) is 2.45. The Morgan fingerprint density at radius 3 is 2.39 bits per heavy atom. The molecule has 18 heavy (non-hydrogen) atoms. The largest absolute Gasteiger partial charge is 0.310 e. The van der Waals surface area contributed by atoms with Crippen molar-refractivity contribution in [2.75, 3.05) is 7.05 Å². The van der Waals surface area contributed by atoms with Crippen molar-refractivity contribution in [1.82, 2.24) is 20.5 Å². The molecule has 96 valence electrons. The van der Waals surface area contributed by atoms with E-state index in [4.69, 9.17) is 0 Å². The van der Waals surface area contributed by atoms with Crippen molar-refractivity contribution in [3.8, 4) is 0 Å². The summed E-state index contributed by atoms with van der Waals surface area (Å²) in [5, 5.41) is 10.1. The molecule has 1 aromatic heterocycles. The minimum absolute atomic E-state index is 0.174. The summed E-state index contributed by atoms with van der Waals surface area (Å²) in [7, 11) is 1.95. The Labute approximate surface area is 108 Å². The number of aromatic amines is 1. The van der Waals surface area contributed by atoms with E-state index in [1.807, 2.05) is 7.05 Å². The molecule has 1 aromatic carbocycles. The van der Waals surface area contributed by atoms with Crippen LogP contribution in [0.2, 0.25) is 0 Å². The summed E-state index contributed by atoms with van der Waals surface area (Å²) in [5.41, 5.74) is 5.38. The van der Waals surface area contributed by atoms with Crippen LogP contribution < -0.4 is 5.32 Å². The van der Waals surface area contributed by atoms with Crippen LogP contribution in [0.15, 0.2) is 18.5 Å². The fraction of sp³-hybridized carbons (Fsp3) is 0.429. The molecular weight excluding hydrogens is 224 g/mol. The number of aromatic nitrogens is 3. The highest BCUT2D eigenvalue weighted by atomic mass is 15.2. The smallest absolute Gasteiger partial charge is 0.141 e. The maximum absolute atomic E-state index is 4.23. The highest BCUT2D eigenvalue weighted by Crippen LogP contribution is 2.22. The molecule has 2 aromatic rings. The van der Waals surface area contributed by atoms with Gasteiger partial charge < -0.3 is 5.32 Å². The first kappa shape index (κ1) is 12.8. The molecule has 0 aliphatic carbocycles. The van der Waals surface area contributed by atoms with Crippen molar-refractivity contribution in [2.24, 2.45) is 0 Å². The van der Waals surface area contributed by atoms with E-state index in [2.05, 4.69) is 53.4 Å². The van der Waals surface area contributed by atoms with Crippen LogP contribution in [0.1, 0.15) is 34.1 Å². The fourth-order valence-corrected chi connectivity index (χ4v) is 2.45. The van der Waals surface area contributed by atoms with Crippen LogP contribution in [-0.4, -0.2) is 22.2 Å². The van der Waals surface area contributed by atoms with Gasteiger partial charge in [0.15, 0.2) is 0 Å². The minimum atomic E-state index is 0.174. The van der Waals surface area contributed by atoms with Gasteiger partial charge in [0, 0.05) is 0 Å². The zero-order valence-corrected chi connectivity index (χ0v) is 11.4. The molecule has 4 heteroatoms. The maximum Gasteiger partial charge on any atom is 0.141 e. The van der Waals surface area contributed by atoms with E-state index < -0.39 is 0 Å². The summed E-state index contributed by atoms with van der Waals surface area (Å²) in [6, 6.07) is 4.64. The van der Waals surface area contributed by atoms with Crippen molar-refractivity contribution in [1.29, 1.82) is 0 Å². The molecule has 0 amide bonds. The Balaban J connectivity index is 2.28. The van der Waals surface area contributed by atoms with Crippen molar-refractivity contribution in [3.05, 3.63) is 46.5 Å². The second kappa shape index (κ2) is 5.31. The third-order valence-electron chi connectivity index (χ3n) is 3.36. The van der Waals surface area contributed by atoms with Crippen LogP contribution in [-0.2, 0) is 6.42 Å². The topological polar surface area (TPSA) is 53.6 Å². The number of benzene rings is 1. The molecule has 1 atom stereocenters. The van der Waals surface area contributed by atoms with Gasteiger partial charge in [0.2, 0.25) is 0 Å². The Hall–Kier alpha value is -1.68. The second-order valence-corrected chi connectivity index (χ2v) is 4.79. The van der Waals surface area contributed by atoms with E-state index in [1.54, 1.807) is 6.33 Å². The summed E-state index contributed by atoms with van der Waals surface area (Å²) in [4.78, 5) is 4.23. The number of hydrogen-bond acceptors (Lipinski definition) is 3. The van der Waals surface area contributed by atoms with Gasteiger partial charge in [0.25, 0.3) is 0 Å². The molecule has 2 rings (SSSR count). The minimum Gasteiger partial charge on any atom is -0.310 e. The molecule has 0 saturated carbocycles. The van der Waals surface area contributed by atoms with Gasteiger partial charge in [0.1, 0.15) is 12.2 Å². The van der Waals surface area contributed by atoms with E-state index in [0.29, 0.717) is 0 Å². The van der Waals surface area contributed by atoms with E-state index in [-0.39, 0.29) is 6.04 Å². The third kappa shape index (κ3) is 2.59. The zero-order valence-electron chi connectivity index (χ0n) is 11.4. The van der Waals surface area contributed by atoms with Crippen LogP contribution in [0.25, 0.3) is 0 Å². The first-order valence-electron chi connectivity index (χ1n) is 6.21. The van der Waals surface area contributed by atoms with Crippen LogP contribution in [0.3, 0.4) is 0 Å². The third-order valence-corrected chi connectivity index (χ3v) is 3.36. The van der Waals surface area contributed by atoms with E-state index in [9.17, 15) is 0 Å². The van der Waals surface area contributed by atoms with Gasteiger partial charge in [-0.15, -0.1) is 0 Å². The van der Waals surface area contributed by atoms with Gasteiger partial charge in [-0.2, -0.15) is 5.10 Å². The normalized spacial score (nSPS) is 12.7. The van der Waals surface area contributed by atoms with E-state index in [1.165, 1.54) is 22.3 Å². The first-order chi connectivity index (χ1) is 8.61. The van der Waals surface area contributed by atoms with Crippen molar-refractivity contribution in [3.63, 3.8) is 0 Å². The predicted molar refractivity (Wildman–Crippen MR) is 72.5 cm³/mol. The average Bonchev–Trinajstić information content (AvgIpc) is 2.81. The van der Waals surface area contributed by atoms with Gasteiger partial charge >= 0.3 is 0 Å². The maximum atomic E-state index is 4.23. The average molecular weight is 244 g/mol. The molecule has 0 aliphatic heterocycles. The standard InChI is InChI=1S/C14H20N4/c1-9-5-10(2)12(11(3)6-9)7-13(15-4)14-16-8-17-18-14/h5-6,8,13,15H,7H2,1-4H3,(H,16,17,18). The quantitative estimate of drug-likeness (QED) is 0.867. The number of H-pyrrole nitrogens is 1. The number of hydrogen-bond donors (Lipinski definition) is 2. The first-order valence-corrected chi connectivity index (χ1v) is 6.21. The Kier molecular flexibility index (Phi) is 3.77. The monoisotopic (exact) mass is 244 g/mol. The summed E-state index contributed by atoms with van der Waals surface area (Å²) in [5.74, 6) is 0.886.